The van der Waals surface area contributed by atoms with Crippen LogP contribution in [0, 0.1) is 17.7 Å². The van der Waals surface area contributed by atoms with Gasteiger partial charge in [0, 0.05) is 17.7 Å². The second-order valence-corrected chi connectivity index (χ2v) is 6.67. The van der Waals surface area contributed by atoms with E-state index in [1.165, 1.54) is 36.5 Å². The molecule has 3 N–H and O–H groups in total. The zero-order chi connectivity index (χ0) is 14.8. The monoisotopic (exact) mass is 276 g/mol. The fraction of sp³-hybridized carbons (Fsp3) is 0.750. The molecule has 1 aliphatic carbocycles. The molecule has 0 saturated carbocycles. The first-order chi connectivity index (χ1) is 9.42. The number of nitrogens with two attached hydrogens (primary N) is 1. The summed E-state index contributed by atoms with van der Waals surface area (Å²) < 4.78 is 2.41. The summed E-state index contributed by atoms with van der Waals surface area (Å²) in [4.78, 5) is 4.72. The molecule has 4 nitrogen and oxygen atoms in total. The Bertz CT molecular complexity index is 485. The molecule has 1 aliphatic rings. The fourth-order valence-corrected chi connectivity index (χ4v) is 3.00. The first-order valence-electron chi connectivity index (χ1n) is 7.81. The lowest BCUT2D eigenvalue weighted by Gasteiger charge is -2.23. The lowest BCUT2D eigenvalue weighted by atomic mass is 9.86. The first-order valence-corrected chi connectivity index (χ1v) is 7.81. The summed E-state index contributed by atoms with van der Waals surface area (Å²) in [5.41, 5.74) is 8.27. The predicted octanol–water partition coefficient (Wildman–Crippen LogP) is 3.20. The summed E-state index contributed by atoms with van der Waals surface area (Å²) in [6.07, 6.45) is 8.17. The largest absolute Gasteiger partial charge is 0.387 e. The van der Waals surface area contributed by atoms with Crippen LogP contribution < -0.4 is 5.73 Å². The second-order valence-electron chi connectivity index (χ2n) is 6.67. The number of hydrogen-bond acceptors (Lipinski definition) is 2. The average molecular weight is 276 g/mol. The van der Waals surface area contributed by atoms with Gasteiger partial charge in [-0.1, -0.05) is 20.3 Å². The van der Waals surface area contributed by atoms with Gasteiger partial charge in [0.05, 0.1) is 11.5 Å². The molecule has 0 atom stereocenters. The van der Waals surface area contributed by atoms with Crippen LogP contribution in [0.1, 0.15) is 63.2 Å². The third-order valence-corrected chi connectivity index (χ3v) is 4.59. The Labute approximate surface area is 122 Å². The Morgan fingerprint density at radius 2 is 2.00 bits per heavy atom. The van der Waals surface area contributed by atoms with Crippen molar-refractivity contribution < 1.29 is 0 Å². The van der Waals surface area contributed by atoms with Crippen LogP contribution in [0.5, 0.6) is 0 Å². The molecule has 0 aromatic carbocycles. The van der Waals surface area contributed by atoms with E-state index in [2.05, 4.69) is 25.3 Å². The third kappa shape index (κ3) is 3.22. The number of fused-ring (bicyclic) bond motifs is 1. The van der Waals surface area contributed by atoms with Gasteiger partial charge in [0.1, 0.15) is 5.82 Å². The number of unbranched alkanes of at least 4 members (excludes halogenated alkanes) is 1. The van der Waals surface area contributed by atoms with Crippen LogP contribution >= 0.6 is 0 Å². The molecular weight excluding hydrogens is 248 g/mol. The van der Waals surface area contributed by atoms with E-state index in [9.17, 15) is 0 Å². The maximum atomic E-state index is 7.59. The van der Waals surface area contributed by atoms with Crippen molar-refractivity contribution >= 4 is 5.84 Å². The number of aryl methyl sites for hydroxylation is 2. The maximum absolute atomic E-state index is 7.59. The van der Waals surface area contributed by atoms with Gasteiger partial charge in [-0.2, -0.15) is 0 Å². The molecular formula is C16H28N4. The van der Waals surface area contributed by atoms with E-state index in [1.807, 2.05) is 0 Å². The van der Waals surface area contributed by atoms with Gasteiger partial charge in [-0.05, 0) is 45.4 Å². The van der Waals surface area contributed by atoms with Crippen molar-refractivity contribution in [3.05, 3.63) is 17.2 Å². The Morgan fingerprint density at radius 3 is 2.70 bits per heavy atom. The smallest absolute Gasteiger partial charge is 0.106 e. The van der Waals surface area contributed by atoms with Gasteiger partial charge in [-0.3, -0.25) is 5.41 Å². The Morgan fingerprint density at radius 1 is 1.30 bits per heavy atom. The Hall–Kier alpha value is -1.32. The van der Waals surface area contributed by atoms with Crippen LogP contribution in [0.3, 0.4) is 0 Å². The molecule has 0 radical (unpaired) electrons. The minimum atomic E-state index is -0.163. The summed E-state index contributed by atoms with van der Waals surface area (Å²) >= 11 is 0. The summed E-state index contributed by atoms with van der Waals surface area (Å²) in [6, 6.07) is 0. The van der Waals surface area contributed by atoms with Crippen molar-refractivity contribution in [2.45, 2.75) is 72.3 Å². The zero-order valence-corrected chi connectivity index (χ0v) is 13.1. The highest BCUT2D eigenvalue weighted by molar-refractivity contribution is 5.82. The summed E-state index contributed by atoms with van der Waals surface area (Å²) in [7, 11) is 0. The predicted molar refractivity (Wildman–Crippen MR) is 83.2 cm³/mol. The summed E-state index contributed by atoms with van der Waals surface area (Å²) in [6.45, 7) is 7.29. The molecule has 0 saturated heterocycles. The van der Waals surface area contributed by atoms with Crippen molar-refractivity contribution in [1.82, 2.24) is 9.55 Å². The molecule has 0 fully saturated rings. The van der Waals surface area contributed by atoms with Crippen molar-refractivity contribution in [3.63, 3.8) is 0 Å². The van der Waals surface area contributed by atoms with Gasteiger partial charge in [0.15, 0.2) is 0 Å². The Balaban J connectivity index is 1.89. The maximum Gasteiger partial charge on any atom is 0.106 e. The van der Waals surface area contributed by atoms with E-state index < -0.39 is 0 Å². The van der Waals surface area contributed by atoms with E-state index in [-0.39, 0.29) is 5.41 Å². The average Bonchev–Trinajstić information content (AvgIpc) is 2.70. The number of rotatable bonds is 6. The summed E-state index contributed by atoms with van der Waals surface area (Å²) in [5, 5.41) is 7.59. The van der Waals surface area contributed by atoms with Gasteiger partial charge in [-0.15, -0.1) is 0 Å². The van der Waals surface area contributed by atoms with E-state index in [1.54, 1.807) is 0 Å². The number of nitrogens with one attached hydrogen (secondary N) is 1. The van der Waals surface area contributed by atoms with Crippen LogP contribution in [0.2, 0.25) is 0 Å². The lowest BCUT2D eigenvalue weighted by Crippen LogP contribution is -2.30. The number of nitrogens with zero attached hydrogens (tertiary/aromatic N) is 2. The molecule has 0 bridgehead atoms. The molecule has 0 spiro atoms. The second kappa shape index (κ2) is 5.98. The zero-order valence-electron chi connectivity index (χ0n) is 13.1. The molecule has 112 valence electrons. The lowest BCUT2D eigenvalue weighted by molar-refractivity contribution is 0.426. The molecule has 1 heterocycles. The van der Waals surface area contributed by atoms with Crippen LogP contribution in [-0.4, -0.2) is 15.4 Å². The fourth-order valence-electron chi connectivity index (χ4n) is 3.00. The van der Waals surface area contributed by atoms with Gasteiger partial charge in [0.2, 0.25) is 0 Å². The number of hydrogen-bond donors (Lipinski definition) is 2. The molecule has 20 heavy (non-hydrogen) atoms. The first kappa shape index (κ1) is 15.1. The number of aromatic nitrogens is 2. The molecule has 0 aliphatic heterocycles. The van der Waals surface area contributed by atoms with Crippen LogP contribution in [-0.2, 0) is 19.4 Å². The van der Waals surface area contributed by atoms with E-state index in [0.717, 1.165) is 32.2 Å². The van der Waals surface area contributed by atoms with E-state index in [0.29, 0.717) is 5.84 Å². The van der Waals surface area contributed by atoms with Crippen LogP contribution in [0.15, 0.2) is 0 Å². The molecule has 2 rings (SSSR count). The highest BCUT2D eigenvalue weighted by Gasteiger charge is 2.21. The molecule has 4 heteroatoms. The number of imidazole rings is 1. The molecule has 1 aromatic rings. The normalized spacial score (nSPS) is 15.2. The van der Waals surface area contributed by atoms with Gasteiger partial charge in [0.25, 0.3) is 0 Å². The van der Waals surface area contributed by atoms with Crippen LogP contribution in [0.25, 0.3) is 0 Å². The SMILES string of the molecule is Cc1nc2c(n1CCCCC(C)(C)C(=N)N)CCCC2. The van der Waals surface area contributed by atoms with Gasteiger partial charge < -0.3 is 10.3 Å². The molecule has 1 aromatic heterocycles. The highest BCUT2D eigenvalue weighted by atomic mass is 15.1. The highest BCUT2D eigenvalue weighted by Crippen LogP contribution is 2.25. The summed E-state index contributed by atoms with van der Waals surface area (Å²) in [5.74, 6) is 1.47. The quantitative estimate of drug-likeness (QED) is 0.476. The van der Waals surface area contributed by atoms with Gasteiger partial charge in [-0.25, -0.2) is 4.98 Å². The minimum Gasteiger partial charge on any atom is -0.387 e. The topological polar surface area (TPSA) is 67.7 Å². The minimum absolute atomic E-state index is 0.163. The van der Waals surface area contributed by atoms with Crippen molar-refractivity contribution in [3.8, 4) is 0 Å². The Kier molecular flexibility index (Phi) is 4.51. The van der Waals surface area contributed by atoms with E-state index in [4.69, 9.17) is 16.1 Å². The molecule has 0 amide bonds. The van der Waals surface area contributed by atoms with Crippen molar-refractivity contribution in [2.75, 3.05) is 0 Å². The standard InChI is InChI=1S/C16H28N4/c1-12-19-13-8-4-5-9-14(13)20(12)11-7-6-10-16(2,3)15(17)18/h4-11H2,1-3H3,(H3,17,18). The van der Waals surface area contributed by atoms with E-state index >= 15 is 0 Å². The van der Waals surface area contributed by atoms with Crippen molar-refractivity contribution in [2.24, 2.45) is 11.1 Å². The molecule has 0 unspecified atom stereocenters. The van der Waals surface area contributed by atoms with Gasteiger partial charge >= 0.3 is 0 Å². The third-order valence-electron chi connectivity index (χ3n) is 4.59. The number of amidine groups is 1. The van der Waals surface area contributed by atoms with Crippen molar-refractivity contribution in [1.29, 1.82) is 5.41 Å². The van der Waals surface area contributed by atoms with Crippen LogP contribution in [0.4, 0.5) is 0 Å².